The number of nitrogens with two attached hydrogens (primary N) is 1. The topological polar surface area (TPSA) is 101 Å². The van der Waals surface area contributed by atoms with Gasteiger partial charge in [-0.2, -0.15) is 11.8 Å². The molecule has 1 aromatic heterocycles. The summed E-state index contributed by atoms with van der Waals surface area (Å²) in [7, 11) is 0. The Hall–Kier alpha value is -1.05. The lowest BCUT2D eigenvalue weighted by molar-refractivity contribution is -0.0121. The molecule has 8 heteroatoms. The number of thioether (sulfide) groups is 1. The van der Waals surface area contributed by atoms with E-state index in [4.69, 9.17) is 17.3 Å². The molecule has 1 amide bonds. The maximum Gasteiger partial charge on any atom is 0.252 e. The molecule has 2 unspecified atom stereocenters. The summed E-state index contributed by atoms with van der Waals surface area (Å²) in [6.07, 6.45) is 1.72. The zero-order valence-corrected chi connectivity index (χ0v) is 12.7. The number of nitrogens with one attached hydrogen (secondary N) is 1. The number of aliphatic hydroxyl groups is 1. The number of aromatic nitrogens is 2. The summed E-state index contributed by atoms with van der Waals surface area (Å²) in [5.41, 5.74) is 4.67. The summed E-state index contributed by atoms with van der Waals surface area (Å²) in [6, 6.07) is 1.36. The van der Waals surface area contributed by atoms with Crippen LogP contribution >= 0.6 is 23.4 Å². The predicted molar refractivity (Wildman–Crippen MR) is 80.2 cm³/mol. The summed E-state index contributed by atoms with van der Waals surface area (Å²) >= 11 is 7.43. The van der Waals surface area contributed by atoms with Crippen molar-refractivity contribution >= 4 is 35.1 Å². The summed E-state index contributed by atoms with van der Waals surface area (Å²) in [5.74, 6) is 0.576. The Labute approximate surface area is 126 Å². The summed E-state index contributed by atoms with van der Waals surface area (Å²) in [5, 5.41) is 21.2. The molecule has 110 valence electrons. The Kier molecular flexibility index (Phi) is 4.72. The Morgan fingerprint density at radius 1 is 1.70 bits per heavy atom. The van der Waals surface area contributed by atoms with Gasteiger partial charge in [-0.15, -0.1) is 10.2 Å². The molecule has 0 aliphatic heterocycles. The highest BCUT2D eigenvalue weighted by molar-refractivity contribution is 8.00. The molecule has 20 heavy (non-hydrogen) atoms. The van der Waals surface area contributed by atoms with Gasteiger partial charge in [0.25, 0.3) is 5.91 Å². The predicted octanol–water partition coefficient (Wildman–Crippen LogP) is 1.29. The molecule has 0 aromatic carbocycles. The van der Waals surface area contributed by atoms with E-state index >= 15 is 0 Å². The van der Waals surface area contributed by atoms with Crippen molar-refractivity contribution in [1.29, 1.82) is 0 Å². The number of hydrogen-bond donors (Lipinski definition) is 3. The standard InChI is InChI=1S/C12H17ClN4O2S/c1-2-20-8-3-4-12(8,19)6-15-11-7(10(14)18)5-9(13)16-17-11/h5,8,19H,2-4,6H2,1H3,(H2,14,18)(H,15,17). The first kappa shape index (κ1) is 15.3. The number of carbonyl (C=O) groups is 1. The van der Waals surface area contributed by atoms with Crippen molar-refractivity contribution in [1.82, 2.24) is 10.2 Å². The lowest BCUT2D eigenvalue weighted by Gasteiger charge is -2.45. The summed E-state index contributed by atoms with van der Waals surface area (Å²) in [6.45, 7) is 2.37. The van der Waals surface area contributed by atoms with Crippen molar-refractivity contribution < 1.29 is 9.90 Å². The molecule has 1 fully saturated rings. The fourth-order valence-corrected chi connectivity index (χ4v) is 3.51. The minimum atomic E-state index is -0.781. The fourth-order valence-electron chi connectivity index (χ4n) is 2.16. The molecular weight excluding hydrogens is 300 g/mol. The Morgan fingerprint density at radius 3 is 3.00 bits per heavy atom. The minimum Gasteiger partial charge on any atom is -0.387 e. The molecule has 0 saturated heterocycles. The van der Waals surface area contributed by atoms with Crippen molar-refractivity contribution in [2.45, 2.75) is 30.6 Å². The third kappa shape index (κ3) is 3.16. The van der Waals surface area contributed by atoms with Gasteiger partial charge in [-0.1, -0.05) is 18.5 Å². The van der Waals surface area contributed by atoms with Crippen molar-refractivity contribution in [3.63, 3.8) is 0 Å². The van der Waals surface area contributed by atoms with Gasteiger partial charge in [-0.25, -0.2) is 0 Å². The molecule has 1 aromatic rings. The van der Waals surface area contributed by atoms with E-state index < -0.39 is 11.5 Å². The Morgan fingerprint density at radius 2 is 2.45 bits per heavy atom. The van der Waals surface area contributed by atoms with E-state index in [2.05, 4.69) is 22.4 Å². The summed E-state index contributed by atoms with van der Waals surface area (Å²) in [4.78, 5) is 11.3. The molecule has 0 bridgehead atoms. The van der Waals surface area contributed by atoms with Crippen LogP contribution in [0.1, 0.15) is 30.1 Å². The van der Waals surface area contributed by atoms with Crippen LogP contribution in [0.4, 0.5) is 5.82 Å². The van der Waals surface area contributed by atoms with Gasteiger partial charge < -0.3 is 16.2 Å². The van der Waals surface area contributed by atoms with Crippen molar-refractivity contribution in [3.05, 3.63) is 16.8 Å². The average Bonchev–Trinajstić information content (AvgIpc) is 2.41. The molecule has 1 heterocycles. The maximum atomic E-state index is 11.3. The number of anilines is 1. The van der Waals surface area contributed by atoms with Crippen molar-refractivity contribution in [2.24, 2.45) is 5.73 Å². The maximum absolute atomic E-state index is 11.3. The highest BCUT2D eigenvalue weighted by Gasteiger charge is 2.45. The molecular formula is C12H17ClN4O2S. The zero-order chi connectivity index (χ0) is 14.8. The Bertz CT molecular complexity index is 516. The fraction of sp³-hybridized carbons (Fsp3) is 0.583. The monoisotopic (exact) mass is 316 g/mol. The van der Waals surface area contributed by atoms with Crippen molar-refractivity contribution in [2.75, 3.05) is 17.6 Å². The minimum absolute atomic E-state index is 0.103. The summed E-state index contributed by atoms with van der Waals surface area (Å²) < 4.78 is 0. The van der Waals surface area contributed by atoms with Crippen LogP contribution in [0.3, 0.4) is 0 Å². The molecule has 1 aliphatic carbocycles. The normalized spacial score (nSPS) is 25.1. The largest absolute Gasteiger partial charge is 0.387 e. The van der Waals surface area contributed by atoms with Gasteiger partial charge in [0.2, 0.25) is 0 Å². The molecule has 2 rings (SSSR count). The number of rotatable bonds is 6. The first-order chi connectivity index (χ1) is 9.46. The van der Waals surface area contributed by atoms with Crippen LogP contribution in [0.2, 0.25) is 5.15 Å². The van der Waals surface area contributed by atoms with Crippen LogP contribution < -0.4 is 11.1 Å². The number of primary amides is 1. The molecule has 2 atom stereocenters. The van der Waals surface area contributed by atoms with E-state index in [-0.39, 0.29) is 21.8 Å². The van der Waals surface area contributed by atoms with Crippen LogP contribution in [0.15, 0.2) is 6.07 Å². The molecule has 6 nitrogen and oxygen atoms in total. The van der Waals surface area contributed by atoms with E-state index in [0.717, 1.165) is 18.6 Å². The van der Waals surface area contributed by atoms with Crippen molar-refractivity contribution in [3.8, 4) is 0 Å². The van der Waals surface area contributed by atoms with Gasteiger partial charge in [0.1, 0.15) is 0 Å². The number of nitrogens with zero attached hydrogens (tertiary/aromatic N) is 2. The first-order valence-corrected chi connectivity index (χ1v) is 7.80. The van der Waals surface area contributed by atoms with Gasteiger partial charge in [0, 0.05) is 11.8 Å². The molecule has 0 spiro atoms. The highest BCUT2D eigenvalue weighted by atomic mass is 35.5. The van der Waals surface area contributed by atoms with Crippen LogP contribution in [0.25, 0.3) is 0 Å². The number of amides is 1. The van der Waals surface area contributed by atoms with Gasteiger partial charge in [-0.05, 0) is 24.7 Å². The lowest BCUT2D eigenvalue weighted by atomic mass is 9.79. The van der Waals surface area contributed by atoms with E-state index in [1.807, 2.05) is 0 Å². The van der Waals surface area contributed by atoms with E-state index in [1.54, 1.807) is 11.8 Å². The molecule has 1 aliphatic rings. The Balaban J connectivity index is 2.06. The van der Waals surface area contributed by atoms with Gasteiger partial charge >= 0.3 is 0 Å². The molecule has 1 saturated carbocycles. The average molecular weight is 317 g/mol. The second kappa shape index (κ2) is 6.15. The van der Waals surface area contributed by atoms with Crippen LogP contribution in [-0.2, 0) is 0 Å². The number of hydrogen-bond acceptors (Lipinski definition) is 6. The van der Waals surface area contributed by atoms with Crippen LogP contribution in [-0.4, -0.2) is 44.4 Å². The SMILES string of the molecule is CCSC1CCC1(O)CNc1nnc(Cl)cc1C(N)=O. The number of halogens is 1. The van der Waals surface area contributed by atoms with Gasteiger partial charge in [-0.3, -0.25) is 4.79 Å². The van der Waals surface area contributed by atoms with E-state index in [1.165, 1.54) is 6.07 Å². The van der Waals surface area contributed by atoms with Gasteiger partial charge in [0.15, 0.2) is 11.0 Å². The second-order valence-electron chi connectivity index (χ2n) is 4.73. The highest BCUT2D eigenvalue weighted by Crippen LogP contribution is 2.41. The van der Waals surface area contributed by atoms with Crippen LogP contribution in [0, 0.1) is 0 Å². The molecule has 4 N–H and O–H groups in total. The number of carbonyl (C=O) groups excluding carboxylic acids is 1. The van der Waals surface area contributed by atoms with E-state index in [9.17, 15) is 9.90 Å². The third-order valence-electron chi connectivity index (χ3n) is 3.40. The molecule has 0 radical (unpaired) electrons. The smallest absolute Gasteiger partial charge is 0.252 e. The van der Waals surface area contributed by atoms with Gasteiger partial charge in [0.05, 0.1) is 11.2 Å². The van der Waals surface area contributed by atoms with Crippen LogP contribution in [0.5, 0.6) is 0 Å². The quantitative estimate of drug-likeness (QED) is 0.731. The lowest BCUT2D eigenvalue weighted by Crippen LogP contribution is -2.54. The second-order valence-corrected chi connectivity index (χ2v) is 6.60. The zero-order valence-electron chi connectivity index (χ0n) is 11.1. The first-order valence-electron chi connectivity index (χ1n) is 6.37. The third-order valence-corrected chi connectivity index (χ3v) is 4.99. The van der Waals surface area contributed by atoms with E-state index in [0.29, 0.717) is 6.54 Å².